The first-order chi connectivity index (χ1) is 7.24. The first-order valence-corrected chi connectivity index (χ1v) is 6.19. The van der Waals surface area contributed by atoms with Crippen LogP contribution in [0.3, 0.4) is 0 Å². The third kappa shape index (κ3) is 3.25. The largest absolute Gasteiger partial charge is 0.303 e. The van der Waals surface area contributed by atoms with Gasteiger partial charge in [0, 0.05) is 18.0 Å². The molecule has 0 N–H and O–H groups in total. The van der Waals surface area contributed by atoms with Crippen LogP contribution in [0.25, 0.3) is 0 Å². The molecule has 1 aromatic rings. The van der Waals surface area contributed by atoms with Gasteiger partial charge in [-0.2, -0.15) is 0 Å². The molecule has 0 aliphatic carbocycles. The second-order valence-electron chi connectivity index (χ2n) is 4.63. The van der Waals surface area contributed by atoms with Crippen molar-refractivity contribution in [3.8, 4) is 0 Å². The highest BCUT2D eigenvalue weighted by Crippen LogP contribution is 2.15. The minimum atomic E-state index is 0.925. The van der Waals surface area contributed by atoms with Gasteiger partial charge in [0.1, 0.15) is 0 Å². The van der Waals surface area contributed by atoms with E-state index in [1.807, 2.05) is 0 Å². The van der Waals surface area contributed by atoms with Crippen LogP contribution in [0.5, 0.6) is 0 Å². The molecule has 82 valence electrons. The average Bonchev–Trinajstić information content (AvgIpc) is 2.18. The van der Waals surface area contributed by atoms with Crippen LogP contribution < -0.4 is 0 Å². The van der Waals surface area contributed by atoms with Gasteiger partial charge in [-0.25, -0.2) is 0 Å². The summed E-state index contributed by atoms with van der Waals surface area (Å²) in [5.74, 6) is 0.925. The fourth-order valence-electron chi connectivity index (χ4n) is 2.18. The summed E-state index contributed by atoms with van der Waals surface area (Å²) in [6, 6.07) is 8.51. The van der Waals surface area contributed by atoms with Crippen LogP contribution in [0.1, 0.15) is 18.9 Å². The highest BCUT2D eigenvalue weighted by Gasteiger charge is 2.20. The molecule has 2 heteroatoms. The number of hydrogen-bond donors (Lipinski definition) is 1. The van der Waals surface area contributed by atoms with Crippen molar-refractivity contribution in [2.45, 2.75) is 24.7 Å². The third-order valence-electron chi connectivity index (χ3n) is 3.02. The van der Waals surface area contributed by atoms with Gasteiger partial charge >= 0.3 is 0 Å². The molecule has 1 fully saturated rings. The third-order valence-corrected chi connectivity index (χ3v) is 3.31. The summed E-state index contributed by atoms with van der Waals surface area (Å²) in [5, 5.41) is 0. The molecule has 1 saturated heterocycles. The van der Waals surface area contributed by atoms with Gasteiger partial charge in [-0.15, -0.1) is 12.6 Å². The molecule has 0 atom stereocenters. The summed E-state index contributed by atoms with van der Waals surface area (Å²) in [6.07, 6.45) is 2.47. The zero-order valence-electron chi connectivity index (χ0n) is 9.32. The quantitative estimate of drug-likeness (QED) is 0.765. The van der Waals surface area contributed by atoms with Gasteiger partial charge in [-0.3, -0.25) is 0 Å². The Morgan fingerprint density at radius 3 is 2.53 bits per heavy atom. The van der Waals surface area contributed by atoms with Crippen LogP contribution in [0.2, 0.25) is 0 Å². The van der Waals surface area contributed by atoms with E-state index in [1.165, 1.54) is 38.0 Å². The van der Waals surface area contributed by atoms with Gasteiger partial charge in [0.15, 0.2) is 0 Å². The Bertz CT molecular complexity index is 301. The number of nitrogens with zero attached hydrogens (tertiary/aromatic N) is 1. The molecule has 0 unspecified atom stereocenters. The lowest BCUT2D eigenvalue weighted by Crippen LogP contribution is -2.45. The van der Waals surface area contributed by atoms with Crippen LogP contribution in [-0.2, 0) is 6.42 Å². The standard InChI is InChI=1S/C13H19NS/c1-11-9-14(10-11)8-2-3-12-4-6-13(15)7-5-12/h4-7,11,15H,2-3,8-10H2,1H3. The summed E-state index contributed by atoms with van der Waals surface area (Å²) in [4.78, 5) is 3.59. The van der Waals surface area contributed by atoms with Crippen molar-refractivity contribution >= 4 is 12.6 Å². The molecule has 0 spiro atoms. The molecule has 15 heavy (non-hydrogen) atoms. The highest BCUT2D eigenvalue weighted by molar-refractivity contribution is 7.80. The van der Waals surface area contributed by atoms with Gasteiger partial charge in [0.25, 0.3) is 0 Å². The fraction of sp³-hybridized carbons (Fsp3) is 0.538. The van der Waals surface area contributed by atoms with Crippen LogP contribution in [0.15, 0.2) is 29.2 Å². The van der Waals surface area contributed by atoms with Gasteiger partial charge in [0.2, 0.25) is 0 Å². The fourth-order valence-corrected chi connectivity index (χ4v) is 2.33. The second kappa shape index (κ2) is 5.04. The van der Waals surface area contributed by atoms with Crippen LogP contribution in [0.4, 0.5) is 0 Å². The van der Waals surface area contributed by atoms with E-state index in [9.17, 15) is 0 Å². The van der Waals surface area contributed by atoms with Crippen molar-refractivity contribution in [2.24, 2.45) is 5.92 Å². The minimum absolute atomic E-state index is 0.925. The predicted octanol–water partition coefficient (Wildman–Crippen LogP) is 2.86. The van der Waals surface area contributed by atoms with E-state index >= 15 is 0 Å². The lowest BCUT2D eigenvalue weighted by atomic mass is 10.0. The second-order valence-corrected chi connectivity index (χ2v) is 5.15. The van der Waals surface area contributed by atoms with Crippen LogP contribution in [0, 0.1) is 5.92 Å². The Labute approximate surface area is 97.9 Å². The maximum atomic E-state index is 4.28. The van der Waals surface area contributed by atoms with Gasteiger partial charge in [-0.1, -0.05) is 19.1 Å². The van der Waals surface area contributed by atoms with Crippen molar-refractivity contribution < 1.29 is 0 Å². The van der Waals surface area contributed by atoms with Crippen molar-refractivity contribution in [3.63, 3.8) is 0 Å². The molecular weight excluding hydrogens is 202 g/mol. The molecule has 1 heterocycles. The summed E-state index contributed by atoms with van der Waals surface area (Å²) in [6.45, 7) is 6.18. The van der Waals surface area contributed by atoms with Crippen LogP contribution in [-0.4, -0.2) is 24.5 Å². The summed E-state index contributed by atoms with van der Waals surface area (Å²) in [5.41, 5.74) is 1.43. The Morgan fingerprint density at radius 1 is 1.27 bits per heavy atom. The number of likely N-dealkylation sites (tertiary alicyclic amines) is 1. The van der Waals surface area contributed by atoms with E-state index in [0.29, 0.717) is 0 Å². The van der Waals surface area contributed by atoms with Crippen molar-refractivity contribution in [1.29, 1.82) is 0 Å². The zero-order chi connectivity index (χ0) is 10.7. The van der Waals surface area contributed by atoms with Crippen molar-refractivity contribution in [2.75, 3.05) is 19.6 Å². The average molecular weight is 221 g/mol. The molecule has 0 saturated carbocycles. The van der Waals surface area contributed by atoms with Crippen molar-refractivity contribution in [1.82, 2.24) is 4.90 Å². The normalized spacial score (nSPS) is 17.7. The van der Waals surface area contributed by atoms with Crippen LogP contribution >= 0.6 is 12.6 Å². The SMILES string of the molecule is CC1CN(CCCc2ccc(S)cc2)C1. The number of benzene rings is 1. The molecule has 0 radical (unpaired) electrons. The first kappa shape index (κ1) is 11.0. The lowest BCUT2D eigenvalue weighted by molar-refractivity contribution is 0.112. The minimum Gasteiger partial charge on any atom is -0.303 e. The summed E-state index contributed by atoms with van der Waals surface area (Å²) < 4.78 is 0. The van der Waals surface area contributed by atoms with Gasteiger partial charge in [-0.05, 0) is 43.0 Å². The number of hydrogen-bond acceptors (Lipinski definition) is 2. The highest BCUT2D eigenvalue weighted by atomic mass is 32.1. The van der Waals surface area contributed by atoms with Gasteiger partial charge in [0.05, 0.1) is 0 Å². The lowest BCUT2D eigenvalue weighted by Gasteiger charge is -2.37. The van der Waals surface area contributed by atoms with E-state index in [-0.39, 0.29) is 0 Å². The first-order valence-electron chi connectivity index (χ1n) is 5.74. The van der Waals surface area contributed by atoms with Crippen molar-refractivity contribution in [3.05, 3.63) is 29.8 Å². The Hall–Kier alpha value is -0.470. The van der Waals surface area contributed by atoms with E-state index < -0.39 is 0 Å². The Kier molecular flexibility index (Phi) is 3.71. The Balaban J connectivity index is 1.67. The molecule has 1 nitrogen and oxygen atoms in total. The molecule has 2 rings (SSSR count). The predicted molar refractivity (Wildman–Crippen MR) is 67.6 cm³/mol. The number of aryl methyl sites for hydroxylation is 1. The molecular formula is C13H19NS. The molecule has 1 aliphatic heterocycles. The summed E-state index contributed by atoms with van der Waals surface area (Å²) >= 11 is 4.28. The smallest absolute Gasteiger partial charge is 0.00401 e. The summed E-state index contributed by atoms with van der Waals surface area (Å²) in [7, 11) is 0. The van der Waals surface area contributed by atoms with E-state index in [4.69, 9.17) is 0 Å². The number of rotatable bonds is 4. The molecule has 0 aromatic heterocycles. The Morgan fingerprint density at radius 2 is 1.93 bits per heavy atom. The van der Waals surface area contributed by atoms with E-state index in [2.05, 4.69) is 48.7 Å². The van der Waals surface area contributed by atoms with E-state index in [0.717, 1.165) is 10.8 Å². The molecule has 1 aromatic carbocycles. The molecule has 1 aliphatic rings. The van der Waals surface area contributed by atoms with E-state index in [1.54, 1.807) is 0 Å². The molecule has 0 amide bonds. The molecule has 0 bridgehead atoms. The topological polar surface area (TPSA) is 3.24 Å². The zero-order valence-corrected chi connectivity index (χ0v) is 10.2. The monoisotopic (exact) mass is 221 g/mol. The maximum absolute atomic E-state index is 4.28. The maximum Gasteiger partial charge on any atom is 0.00401 e. The van der Waals surface area contributed by atoms with Gasteiger partial charge < -0.3 is 4.90 Å². The number of thiol groups is 1.